The number of hydrogen-bond acceptors (Lipinski definition) is 4. The molecule has 0 saturated carbocycles. The number of allylic oxidation sites excluding steroid dienone is 2. The minimum absolute atomic E-state index is 0.143. The minimum Gasteiger partial charge on any atom is -0.382 e. The highest BCUT2D eigenvalue weighted by Crippen LogP contribution is 2.27. The van der Waals surface area contributed by atoms with Gasteiger partial charge in [0.1, 0.15) is 0 Å². The highest BCUT2D eigenvalue weighted by atomic mass is 16.1. The molecule has 7 nitrogen and oxygen atoms in total. The van der Waals surface area contributed by atoms with Crippen LogP contribution in [0.25, 0.3) is 0 Å². The van der Waals surface area contributed by atoms with E-state index >= 15 is 0 Å². The Labute approximate surface area is 139 Å². The second-order valence-electron chi connectivity index (χ2n) is 6.36. The van der Waals surface area contributed by atoms with Crippen molar-refractivity contribution in [2.24, 2.45) is 4.99 Å². The average molecular weight is 324 g/mol. The van der Waals surface area contributed by atoms with Crippen molar-refractivity contribution in [1.29, 1.82) is 5.41 Å². The van der Waals surface area contributed by atoms with Crippen molar-refractivity contribution in [3.05, 3.63) is 45.0 Å². The third-order valence-corrected chi connectivity index (χ3v) is 4.90. The SMILES string of the molecule is Cc1[nH]c2c(c1C)C(=N)C=CC2=Nc1c(N)n2n(c1=O)CCCC2. The van der Waals surface area contributed by atoms with Crippen LogP contribution in [-0.2, 0) is 13.1 Å². The van der Waals surface area contributed by atoms with E-state index in [0.717, 1.165) is 41.9 Å². The minimum atomic E-state index is -0.143. The first-order chi connectivity index (χ1) is 11.5. The Kier molecular flexibility index (Phi) is 3.13. The molecule has 4 N–H and O–H groups in total. The van der Waals surface area contributed by atoms with Gasteiger partial charge in [0.15, 0.2) is 11.5 Å². The van der Waals surface area contributed by atoms with Crippen LogP contribution < -0.4 is 11.3 Å². The molecule has 7 heteroatoms. The zero-order valence-electron chi connectivity index (χ0n) is 13.8. The number of hydrogen-bond donors (Lipinski definition) is 3. The van der Waals surface area contributed by atoms with Crippen molar-refractivity contribution in [2.45, 2.75) is 39.8 Å². The number of H-pyrrole nitrogens is 1. The number of anilines is 1. The summed E-state index contributed by atoms with van der Waals surface area (Å²) in [6.07, 6.45) is 5.48. The molecular formula is C17H20N6O. The maximum Gasteiger partial charge on any atom is 0.294 e. The van der Waals surface area contributed by atoms with Crippen LogP contribution in [0.4, 0.5) is 11.5 Å². The lowest BCUT2D eigenvalue weighted by molar-refractivity contribution is 0.360. The molecule has 1 aliphatic heterocycles. The van der Waals surface area contributed by atoms with E-state index in [4.69, 9.17) is 11.1 Å². The van der Waals surface area contributed by atoms with E-state index in [9.17, 15) is 4.79 Å². The summed E-state index contributed by atoms with van der Waals surface area (Å²) in [5.74, 6) is 0.419. The highest BCUT2D eigenvalue weighted by Gasteiger charge is 2.24. The van der Waals surface area contributed by atoms with E-state index in [1.54, 1.807) is 16.8 Å². The smallest absolute Gasteiger partial charge is 0.294 e. The van der Waals surface area contributed by atoms with Gasteiger partial charge in [0, 0.05) is 24.3 Å². The van der Waals surface area contributed by atoms with Gasteiger partial charge in [0.2, 0.25) is 0 Å². The van der Waals surface area contributed by atoms with Crippen LogP contribution >= 0.6 is 0 Å². The zero-order valence-corrected chi connectivity index (χ0v) is 13.8. The van der Waals surface area contributed by atoms with Gasteiger partial charge in [-0.3, -0.25) is 9.48 Å². The Hall–Kier alpha value is -2.83. The Morgan fingerprint density at radius 2 is 1.92 bits per heavy atom. The number of nitrogens with zero attached hydrogens (tertiary/aromatic N) is 3. The van der Waals surface area contributed by atoms with E-state index in [1.165, 1.54) is 0 Å². The maximum absolute atomic E-state index is 12.6. The molecule has 3 heterocycles. The van der Waals surface area contributed by atoms with Gasteiger partial charge in [-0.1, -0.05) is 0 Å². The van der Waals surface area contributed by atoms with Gasteiger partial charge in [0.05, 0.1) is 17.1 Å². The lowest BCUT2D eigenvalue weighted by Gasteiger charge is -2.17. The fourth-order valence-corrected chi connectivity index (χ4v) is 3.48. The highest BCUT2D eigenvalue weighted by molar-refractivity contribution is 6.25. The Bertz CT molecular complexity index is 982. The molecule has 0 unspecified atom stereocenters. The summed E-state index contributed by atoms with van der Waals surface area (Å²) in [6.45, 7) is 5.38. The average Bonchev–Trinajstić information content (AvgIpc) is 3.01. The molecule has 124 valence electrons. The van der Waals surface area contributed by atoms with E-state index in [1.807, 2.05) is 18.5 Å². The number of aromatic nitrogens is 3. The summed E-state index contributed by atoms with van der Waals surface area (Å²) in [5.41, 5.74) is 11.1. The van der Waals surface area contributed by atoms with E-state index < -0.39 is 0 Å². The summed E-state index contributed by atoms with van der Waals surface area (Å²) >= 11 is 0. The van der Waals surface area contributed by atoms with Crippen molar-refractivity contribution in [3.8, 4) is 0 Å². The summed E-state index contributed by atoms with van der Waals surface area (Å²) < 4.78 is 3.50. The molecule has 2 aromatic heterocycles. The molecule has 2 aliphatic rings. The van der Waals surface area contributed by atoms with Crippen LogP contribution in [0.2, 0.25) is 0 Å². The third kappa shape index (κ3) is 1.94. The molecular weight excluding hydrogens is 304 g/mol. The molecule has 0 radical (unpaired) electrons. The fraction of sp³-hybridized carbons (Fsp3) is 0.353. The van der Waals surface area contributed by atoms with Crippen molar-refractivity contribution in [2.75, 3.05) is 5.73 Å². The van der Waals surface area contributed by atoms with Crippen molar-refractivity contribution >= 4 is 22.9 Å². The second-order valence-corrected chi connectivity index (χ2v) is 6.36. The van der Waals surface area contributed by atoms with Gasteiger partial charge in [-0.15, -0.1) is 0 Å². The normalized spacial score (nSPS) is 18.1. The van der Waals surface area contributed by atoms with Crippen molar-refractivity contribution < 1.29 is 0 Å². The molecule has 0 fully saturated rings. The van der Waals surface area contributed by atoms with E-state index in [2.05, 4.69) is 9.98 Å². The quantitative estimate of drug-likeness (QED) is 0.747. The van der Waals surface area contributed by atoms with Gasteiger partial charge in [0.25, 0.3) is 5.56 Å². The maximum atomic E-state index is 12.6. The third-order valence-electron chi connectivity index (χ3n) is 4.90. The molecule has 0 amide bonds. The second kappa shape index (κ2) is 5.09. The summed E-state index contributed by atoms with van der Waals surface area (Å²) in [7, 11) is 0. The first-order valence-corrected chi connectivity index (χ1v) is 8.13. The molecule has 4 rings (SSSR count). The first-order valence-electron chi connectivity index (χ1n) is 8.13. The lowest BCUT2D eigenvalue weighted by Crippen LogP contribution is -2.27. The number of nitrogen functional groups attached to an aromatic ring is 1. The van der Waals surface area contributed by atoms with Gasteiger partial charge in [-0.05, 0) is 44.4 Å². The van der Waals surface area contributed by atoms with Crippen molar-refractivity contribution in [3.63, 3.8) is 0 Å². The Balaban J connectivity index is 1.91. The van der Waals surface area contributed by atoms with E-state index in [-0.39, 0.29) is 5.56 Å². The monoisotopic (exact) mass is 324 g/mol. The number of nitrogens with two attached hydrogens (primary N) is 1. The predicted octanol–water partition coefficient (Wildman–Crippen LogP) is 2.03. The lowest BCUT2D eigenvalue weighted by atomic mass is 9.97. The van der Waals surface area contributed by atoms with Gasteiger partial charge >= 0.3 is 0 Å². The number of aromatic amines is 1. The van der Waals surface area contributed by atoms with Crippen LogP contribution in [0.1, 0.15) is 35.4 Å². The van der Waals surface area contributed by atoms with Crippen LogP contribution in [-0.4, -0.2) is 25.8 Å². The largest absolute Gasteiger partial charge is 0.382 e. The Morgan fingerprint density at radius 3 is 2.62 bits per heavy atom. The van der Waals surface area contributed by atoms with Gasteiger partial charge < -0.3 is 16.1 Å². The fourth-order valence-electron chi connectivity index (χ4n) is 3.48. The molecule has 0 spiro atoms. The summed E-state index contributed by atoms with van der Waals surface area (Å²) in [4.78, 5) is 20.5. The summed E-state index contributed by atoms with van der Waals surface area (Å²) in [5, 5.41) is 8.13. The topological polar surface area (TPSA) is 105 Å². The zero-order chi connectivity index (χ0) is 17.0. The number of rotatable bonds is 1. The van der Waals surface area contributed by atoms with Gasteiger partial charge in [-0.25, -0.2) is 9.67 Å². The standard InChI is InChI=1S/C17H20N6O/c1-9-10(2)20-14-12(6-5-11(18)13(9)14)21-15-16(19)22-7-3-4-8-23(22)17(15)24/h5-6,18,20H,3-4,7-8,19H2,1-2H3. The number of aryl methyl sites for hydroxylation is 1. The van der Waals surface area contributed by atoms with Gasteiger partial charge in [-0.2, -0.15) is 0 Å². The number of fused-ring (bicyclic) bond motifs is 2. The molecule has 0 bridgehead atoms. The summed E-state index contributed by atoms with van der Waals surface area (Å²) in [6, 6.07) is 0. The number of nitrogens with one attached hydrogen (secondary N) is 2. The van der Waals surface area contributed by atoms with Crippen LogP contribution in [0.15, 0.2) is 21.9 Å². The molecule has 1 aliphatic carbocycles. The Morgan fingerprint density at radius 1 is 1.21 bits per heavy atom. The molecule has 0 saturated heterocycles. The van der Waals surface area contributed by atoms with Crippen LogP contribution in [0.5, 0.6) is 0 Å². The van der Waals surface area contributed by atoms with Crippen molar-refractivity contribution in [1.82, 2.24) is 14.3 Å². The molecule has 0 aromatic carbocycles. The first kappa shape index (κ1) is 14.7. The molecule has 0 atom stereocenters. The molecule has 2 aromatic rings. The van der Waals surface area contributed by atoms with Crippen LogP contribution in [0.3, 0.4) is 0 Å². The number of aliphatic imine (C=N–C) groups is 1. The predicted molar refractivity (Wildman–Crippen MR) is 94.8 cm³/mol. The molecule has 24 heavy (non-hydrogen) atoms. The van der Waals surface area contributed by atoms with E-state index in [0.29, 0.717) is 29.5 Å². The van der Waals surface area contributed by atoms with Crippen LogP contribution in [0, 0.1) is 19.3 Å².